The second kappa shape index (κ2) is 8.75. The third-order valence-corrected chi connectivity index (χ3v) is 4.26. The standard InChI is InChI=1S/C20H16ClFN6O2/c21-15-4-2-6-17(10-15)30-13-27-8-7-18(25-27)19(29)24-20-23-12-28(26-20)11-14-3-1-5-16(22)9-14/h1-10,12H,11,13H2,(H,24,26,29). The Labute approximate surface area is 175 Å². The Morgan fingerprint density at radius 1 is 1.10 bits per heavy atom. The lowest BCUT2D eigenvalue weighted by atomic mass is 10.2. The monoisotopic (exact) mass is 426 g/mol. The van der Waals surface area contributed by atoms with Gasteiger partial charge in [-0.15, -0.1) is 5.10 Å². The molecule has 0 saturated carbocycles. The van der Waals surface area contributed by atoms with Gasteiger partial charge in [0.1, 0.15) is 17.9 Å². The van der Waals surface area contributed by atoms with Crippen LogP contribution in [0.15, 0.2) is 67.1 Å². The predicted octanol–water partition coefficient (Wildman–Crippen LogP) is 3.60. The van der Waals surface area contributed by atoms with E-state index < -0.39 is 5.91 Å². The highest BCUT2D eigenvalue weighted by Gasteiger charge is 2.13. The van der Waals surface area contributed by atoms with Gasteiger partial charge in [-0.3, -0.25) is 10.1 Å². The quantitative estimate of drug-likeness (QED) is 0.488. The highest BCUT2D eigenvalue weighted by molar-refractivity contribution is 6.30. The van der Waals surface area contributed by atoms with Crippen molar-refractivity contribution in [2.75, 3.05) is 5.32 Å². The van der Waals surface area contributed by atoms with Gasteiger partial charge in [0.25, 0.3) is 5.91 Å². The van der Waals surface area contributed by atoms with Crippen molar-refractivity contribution in [2.24, 2.45) is 0 Å². The number of amides is 1. The zero-order valence-corrected chi connectivity index (χ0v) is 16.3. The van der Waals surface area contributed by atoms with Crippen LogP contribution in [0.3, 0.4) is 0 Å². The van der Waals surface area contributed by atoms with Crippen molar-refractivity contribution in [1.29, 1.82) is 0 Å². The molecule has 0 aliphatic heterocycles. The van der Waals surface area contributed by atoms with Crippen molar-refractivity contribution in [3.05, 3.63) is 89.2 Å². The highest BCUT2D eigenvalue weighted by atomic mass is 35.5. The van der Waals surface area contributed by atoms with Crippen molar-refractivity contribution in [1.82, 2.24) is 24.5 Å². The zero-order chi connectivity index (χ0) is 20.9. The summed E-state index contributed by atoms with van der Waals surface area (Å²) in [5.74, 6) is -0.0609. The first-order valence-corrected chi connectivity index (χ1v) is 9.30. The second-order valence-electron chi connectivity index (χ2n) is 6.32. The maximum Gasteiger partial charge on any atom is 0.278 e. The molecule has 0 aliphatic carbocycles. The largest absolute Gasteiger partial charge is 0.471 e. The molecular formula is C20H16ClFN6O2. The van der Waals surface area contributed by atoms with Crippen molar-refractivity contribution in [3.63, 3.8) is 0 Å². The highest BCUT2D eigenvalue weighted by Crippen LogP contribution is 2.17. The van der Waals surface area contributed by atoms with Gasteiger partial charge < -0.3 is 4.74 Å². The van der Waals surface area contributed by atoms with E-state index >= 15 is 0 Å². The van der Waals surface area contributed by atoms with Crippen LogP contribution in [0.2, 0.25) is 5.02 Å². The molecule has 1 amide bonds. The maximum atomic E-state index is 13.3. The smallest absolute Gasteiger partial charge is 0.278 e. The van der Waals surface area contributed by atoms with Crippen LogP contribution in [0.5, 0.6) is 5.75 Å². The lowest BCUT2D eigenvalue weighted by Crippen LogP contribution is -2.15. The first-order valence-electron chi connectivity index (χ1n) is 8.92. The van der Waals surface area contributed by atoms with Crippen LogP contribution in [0, 0.1) is 5.82 Å². The number of nitrogens with zero attached hydrogens (tertiary/aromatic N) is 5. The summed E-state index contributed by atoms with van der Waals surface area (Å²) in [7, 11) is 0. The van der Waals surface area contributed by atoms with E-state index in [-0.39, 0.29) is 24.2 Å². The molecule has 0 aliphatic rings. The van der Waals surface area contributed by atoms with Crippen molar-refractivity contribution in [2.45, 2.75) is 13.3 Å². The minimum atomic E-state index is -0.458. The number of anilines is 1. The summed E-state index contributed by atoms with van der Waals surface area (Å²) in [5, 5.41) is 11.5. The molecule has 0 bridgehead atoms. The number of hydrogen-bond donors (Lipinski definition) is 1. The number of hydrogen-bond acceptors (Lipinski definition) is 5. The summed E-state index contributed by atoms with van der Waals surface area (Å²) in [4.78, 5) is 16.4. The molecular weight excluding hydrogens is 411 g/mol. The number of rotatable bonds is 7. The SMILES string of the molecule is O=C(Nc1ncn(Cc2cccc(F)c2)n1)c1ccn(COc2cccc(Cl)c2)n1. The summed E-state index contributed by atoms with van der Waals surface area (Å²) in [6.07, 6.45) is 3.08. The topological polar surface area (TPSA) is 86.9 Å². The average molecular weight is 427 g/mol. The number of aromatic nitrogens is 5. The molecule has 152 valence electrons. The summed E-state index contributed by atoms with van der Waals surface area (Å²) >= 11 is 5.92. The predicted molar refractivity (Wildman–Crippen MR) is 108 cm³/mol. The van der Waals surface area contributed by atoms with Gasteiger partial charge in [-0.1, -0.05) is 29.8 Å². The fraction of sp³-hybridized carbons (Fsp3) is 0.100. The van der Waals surface area contributed by atoms with Gasteiger partial charge in [-0.05, 0) is 42.0 Å². The first kappa shape index (κ1) is 19.6. The average Bonchev–Trinajstić information content (AvgIpc) is 3.36. The number of benzene rings is 2. The minimum absolute atomic E-state index is 0.119. The van der Waals surface area contributed by atoms with Gasteiger partial charge >= 0.3 is 0 Å². The van der Waals surface area contributed by atoms with Crippen LogP contribution >= 0.6 is 11.6 Å². The number of halogens is 2. The third-order valence-electron chi connectivity index (χ3n) is 4.03. The lowest BCUT2D eigenvalue weighted by Gasteiger charge is -2.06. The van der Waals surface area contributed by atoms with E-state index in [2.05, 4.69) is 20.5 Å². The van der Waals surface area contributed by atoms with Gasteiger partial charge in [-0.2, -0.15) is 5.10 Å². The van der Waals surface area contributed by atoms with Gasteiger partial charge in [0.05, 0.1) is 6.54 Å². The third kappa shape index (κ3) is 5.00. The molecule has 2 aromatic carbocycles. The fourth-order valence-corrected chi connectivity index (χ4v) is 2.85. The van der Waals surface area contributed by atoms with Crippen LogP contribution in [-0.4, -0.2) is 30.5 Å². The normalized spacial score (nSPS) is 10.7. The fourth-order valence-electron chi connectivity index (χ4n) is 2.67. The Kier molecular flexibility index (Phi) is 5.71. The van der Waals surface area contributed by atoms with Crippen LogP contribution in [0.4, 0.5) is 10.3 Å². The Morgan fingerprint density at radius 3 is 2.80 bits per heavy atom. The Balaban J connectivity index is 1.34. The van der Waals surface area contributed by atoms with Gasteiger partial charge in [0.2, 0.25) is 5.95 Å². The maximum absolute atomic E-state index is 13.3. The Morgan fingerprint density at radius 2 is 1.97 bits per heavy atom. The molecule has 4 aromatic rings. The Bertz CT molecular complexity index is 1180. The Hall–Kier alpha value is -3.72. The van der Waals surface area contributed by atoms with Crippen LogP contribution in [0.1, 0.15) is 16.1 Å². The molecule has 30 heavy (non-hydrogen) atoms. The molecule has 4 rings (SSSR count). The number of carbonyl (C=O) groups excluding carboxylic acids is 1. The molecule has 2 aromatic heterocycles. The molecule has 1 N–H and O–H groups in total. The molecule has 0 unspecified atom stereocenters. The molecule has 0 fully saturated rings. The number of ether oxygens (including phenoxy) is 1. The van der Waals surface area contributed by atoms with E-state index in [0.29, 0.717) is 17.3 Å². The van der Waals surface area contributed by atoms with E-state index in [4.69, 9.17) is 16.3 Å². The van der Waals surface area contributed by atoms with Crippen molar-refractivity contribution >= 4 is 23.5 Å². The van der Waals surface area contributed by atoms with Crippen LogP contribution in [-0.2, 0) is 13.3 Å². The summed E-state index contributed by atoms with van der Waals surface area (Å²) < 4.78 is 21.8. The summed E-state index contributed by atoms with van der Waals surface area (Å²) in [6.45, 7) is 0.449. The van der Waals surface area contributed by atoms with Crippen LogP contribution < -0.4 is 10.1 Å². The number of carbonyl (C=O) groups is 1. The molecule has 10 heteroatoms. The van der Waals surface area contributed by atoms with E-state index in [1.165, 1.54) is 27.8 Å². The lowest BCUT2D eigenvalue weighted by molar-refractivity contribution is 0.101. The molecule has 0 spiro atoms. The zero-order valence-electron chi connectivity index (χ0n) is 15.6. The van der Waals surface area contributed by atoms with Crippen LogP contribution in [0.25, 0.3) is 0 Å². The van der Waals surface area contributed by atoms with E-state index in [0.717, 1.165) is 5.56 Å². The summed E-state index contributed by atoms with van der Waals surface area (Å²) in [5.41, 5.74) is 0.919. The molecule has 0 radical (unpaired) electrons. The van der Waals surface area contributed by atoms with E-state index in [1.807, 2.05) is 0 Å². The minimum Gasteiger partial charge on any atom is -0.471 e. The summed E-state index contributed by atoms with van der Waals surface area (Å²) in [6, 6.07) is 14.7. The molecule has 0 atom stereocenters. The van der Waals surface area contributed by atoms with E-state index in [1.54, 1.807) is 48.7 Å². The van der Waals surface area contributed by atoms with Gasteiger partial charge in [0, 0.05) is 11.2 Å². The van der Waals surface area contributed by atoms with Crippen molar-refractivity contribution in [3.8, 4) is 5.75 Å². The molecule has 0 saturated heterocycles. The molecule has 2 heterocycles. The number of nitrogens with one attached hydrogen (secondary N) is 1. The first-order chi connectivity index (χ1) is 14.5. The molecule has 8 nitrogen and oxygen atoms in total. The van der Waals surface area contributed by atoms with Crippen molar-refractivity contribution < 1.29 is 13.9 Å². The second-order valence-corrected chi connectivity index (χ2v) is 6.76. The van der Waals surface area contributed by atoms with Gasteiger partial charge in [-0.25, -0.2) is 18.7 Å². The van der Waals surface area contributed by atoms with Gasteiger partial charge in [0.15, 0.2) is 12.4 Å². The van der Waals surface area contributed by atoms with E-state index in [9.17, 15) is 9.18 Å².